The molecule has 0 fully saturated rings. The monoisotopic (exact) mass is 296 g/mol. The maximum Gasteiger partial charge on any atom is 0.266 e. The van der Waals surface area contributed by atoms with Gasteiger partial charge in [-0.15, -0.1) is 13.2 Å². The van der Waals surface area contributed by atoms with Crippen LogP contribution < -0.4 is 11.1 Å². The Hall–Kier alpha value is -3.00. The summed E-state index contributed by atoms with van der Waals surface area (Å²) in [6, 6.07) is 7.40. The van der Waals surface area contributed by atoms with Crippen LogP contribution in [0.2, 0.25) is 0 Å². The second-order valence-electron chi connectivity index (χ2n) is 4.69. The molecule has 5 heteroatoms. The van der Waals surface area contributed by atoms with Crippen molar-refractivity contribution in [2.75, 3.05) is 24.1 Å². The number of aryl methyl sites for hydroxylation is 1. The van der Waals surface area contributed by atoms with Crippen molar-refractivity contribution in [3.8, 4) is 6.07 Å². The van der Waals surface area contributed by atoms with E-state index in [0.29, 0.717) is 24.5 Å². The van der Waals surface area contributed by atoms with Crippen molar-refractivity contribution in [1.82, 2.24) is 4.90 Å². The summed E-state index contributed by atoms with van der Waals surface area (Å²) in [4.78, 5) is 13.8. The number of nitrogens with one attached hydrogen (secondary N) is 1. The van der Waals surface area contributed by atoms with Crippen molar-refractivity contribution in [2.24, 2.45) is 0 Å². The molecule has 0 unspecified atom stereocenters. The quantitative estimate of drug-likeness (QED) is 0.351. The summed E-state index contributed by atoms with van der Waals surface area (Å²) in [5.41, 5.74) is 8.06. The molecule has 0 radical (unpaired) electrons. The molecule has 0 saturated carbocycles. The van der Waals surface area contributed by atoms with Gasteiger partial charge in [0.2, 0.25) is 0 Å². The average Bonchev–Trinajstić information content (AvgIpc) is 2.50. The van der Waals surface area contributed by atoms with E-state index in [-0.39, 0.29) is 11.5 Å². The van der Waals surface area contributed by atoms with E-state index >= 15 is 0 Å². The van der Waals surface area contributed by atoms with Crippen molar-refractivity contribution < 1.29 is 4.79 Å². The Bertz CT molecular complexity index is 631. The molecule has 0 spiro atoms. The van der Waals surface area contributed by atoms with Gasteiger partial charge in [0.25, 0.3) is 5.91 Å². The first kappa shape index (κ1) is 17.1. The third-order valence-corrected chi connectivity index (χ3v) is 2.92. The van der Waals surface area contributed by atoms with Crippen LogP contribution in [0.1, 0.15) is 5.56 Å². The van der Waals surface area contributed by atoms with E-state index in [1.807, 2.05) is 25.1 Å². The number of nitrogens with two attached hydrogens (primary N) is 1. The molecule has 0 aliphatic rings. The number of carbonyl (C=O) groups is 1. The zero-order valence-corrected chi connectivity index (χ0v) is 12.7. The molecule has 0 aliphatic heterocycles. The minimum atomic E-state index is -0.388. The van der Waals surface area contributed by atoms with Gasteiger partial charge in [-0.05, 0) is 24.6 Å². The predicted octanol–water partition coefficient (Wildman–Crippen LogP) is 2.60. The van der Waals surface area contributed by atoms with Crippen LogP contribution in [0.3, 0.4) is 0 Å². The van der Waals surface area contributed by atoms with Gasteiger partial charge in [-0.1, -0.05) is 18.2 Å². The number of benzene rings is 1. The highest BCUT2D eigenvalue weighted by Gasteiger charge is 2.16. The lowest BCUT2D eigenvalue weighted by Gasteiger charge is -2.18. The molecular weight excluding hydrogens is 276 g/mol. The molecule has 1 aromatic carbocycles. The van der Waals surface area contributed by atoms with Crippen LogP contribution in [-0.2, 0) is 4.79 Å². The van der Waals surface area contributed by atoms with E-state index in [0.717, 1.165) is 5.56 Å². The molecule has 0 aliphatic carbocycles. The second-order valence-corrected chi connectivity index (χ2v) is 4.69. The molecule has 0 heterocycles. The number of nitriles is 1. The third-order valence-electron chi connectivity index (χ3n) is 2.92. The maximum absolute atomic E-state index is 12.3. The number of rotatable bonds is 7. The minimum absolute atomic E-state index is 0.00962. The van der Waals surface area contributed by atoms with Gasteiger partial charge in [0.15, 0.2) is 0 Å². The fraction of sp³-hybridized carbons (Fsp3) is 0.176. The number of carbonyl (C=O) groups excluding carboxylic acids is 1. The summed E-state index contributed by atoms with van der Waals surface area (Å²) in [6.07, 6.45) is 4.57. The number of nitrogen functional groups attached to an aromatic ring is 1. The third kappa shape index (κ3) is 4.53. The smallest absolute Gasteiger partial charge is 0.266 e. The lowest BCUT2D eigenvalue weighted by Crippen LogP contribution is -2.32. The zero-order chi connectivity index (χ0) is 16.5. The number of hydrogen-bond donors (Lipinski definition) is 2. The molecular formula is C17H20N4O. The van der Waals surface area contributed by atoms with Crippen molar-refractivity contribution in [2.45, 2.75) is 6.92 Å². The van der Waals surface area contributed by atoms with Gasteiger partial charge in [0, 0.05) is 19.3 Å². The van der Waals surface area contributed by atoms with Crippen LogP contribution >= 0.6 is 0 Å². The van der Waals surface area contributed by atoms with E-state index in [2.05, 4.69) is 18.5 Å². The molecule has 0 bridgehead atoms. The van der Waals surface area contributed by atoms with Gasteiger partial charge in [0.1, 0.15) is 11.6 Å². The number of nitrogens with zero attached hydrogens (tertiary/aromatic N) is 2. The summed E-state index contributed by atoms with van der Waals surface area (Å²) < 4.78 is 0. The molecule has 0 aromatic heterocycles. The van der Waals surface area contributed by atoms with Gasteiger partial charge in [-0.2, -0.15) is 5.26 Å². The lowest BCUT2D eigenvalue weighted by molar-refractivity contribution is -0.125. The Morgan fingerprint density at radius 3 is 2.59 bits per heavy atom. The van der Waals surface area contributed by atoms with Gasteiger partial charge >= 0.3 is 0 Å². The molecule has 22 heavy (non-hydrogen) atoms. The zero-order valence-electron chi connectivity index (χ0n) is 12.7. The molecule has 0 atom stereocenters. The molecule has 1 amide bonds. The van der Waals surface area contributed by atoms with Crippen LogP contribution in [-0.4, -0.2) is 23.9 Å². The number of amides is 1. The van der Waals surface area contributed by atoms with Crippen molar-refractivity contribution in [3.63, 3.8) is 0 Å². The Labute approximate surface area is 131 Å². The Morgan fingerprint density at radius 1 is 1.41 bits per heavy atom. The van der Waals surface area contributed by atoms with Gasteiger partial charge < -0.3 is 16.0 Å². The summed E-state index contributed by atoms with van der Waals surface area (Å²) in [6.45, 7) is 9.82. The second kappa shape index (κ2) is 8.32. The fourth-order valence-electron chi connectivity index (χ4n) is 1.81. The first-order chi connectivity index (χ1) is 10.5. The normalized spacial score (nSPS) is 10.5. The van der Waals surface area contributed by atoms with Crippen LogP contribution in [0.4, 0.5) is 11.4 Å². The SMILES string of the molecule is C=CCN(CC=C)C(=O)/C(C#N)=C\Nc1cc(C)ccc1N. The van der Waals surface area contributed by atoms with Crippen molar-refractivity contribution >= 4 is 17.3 Å². The van der Waals surface area contributed by atoms with E-state index < -0.39 is 0 Å². The van der Waals surface area contributed by atoms with Crippen LogP contribution in [0.5, 0.6) is 0 Å². The summed E-state index contributed by atoms with van der Waals surface area (Å²) >= 11 is 0. The molecule has 5 nitrogen and oxygen atoms in total. The first-order valence-electron chi connectivity index (χ1n) is 6.77. The average molecular weight is 296 g/mol. The number of hydrogen-bond acceptors (Lipinski definition) is 4. The molecule has 0 saturated heterocycles. The molecule has 1 aromatic rings. The van der Waals surface area contributed by atoms with Crippen molar-refractivity contribution in [1.29, 1.82) is 5.26 Å². The number of anilines is 2. The van der Waals surface area contributed by atoms with E-state index in [9.17, 15) is 10.1 Å². The standard InChI is InChI=1S/C17H20N4O/c1-4-8-21(9-5-2)17(22)14(11-18)12-20-16-10-13(3)6-7-15(16)19/h4-7,10,12,20H,1-2,8-9,19H2,3H3/b14-12-. The Balaban J connectivity index is 2.96. The Kier molecular flexibility index (Phi) is 6.45. The highest BCUT2D eigenvalue weighted by Crippen LogP contribution is 2.20. The van der Waals surface area contributed by atoms with Gasteiger partial charge in [-0.25, -0.2) is 0 Å². The van der Waals surface area contributed by atoms with Gasteiger partial charge in [0.05, 0.1) is 11.4 Å². The van der Waals surface area contributed by atoms with Crippen molar-refractivity contribution in [3.05, 3.63) is 60.8 Å². The maximum atomic E-state index is 12.3. The molecule has 114 valence electrons. The fourth-order valence-corrected chi connectivity index (χ4v) is 1.81. The highest BCUT2D eigenvalue weighted by atomic mass is 16.2. The van der Waals surface area contributed by atoms with Gasteiger partial charge in [-0.3, -0.25) is 4.79 Å². The molecule has 3 N–H and O–H groups in total. The largest absolute Gasteiger partial charge is 0.397 e. The van der Waals surface area contributed by atoms with Crippen LogP contribution in [0.15, 0.2) is 55.3 Å². The van der Waals surface area contributed by atoms with E-state index in [1.165, 1.54) is 11.1 Å². The van der Waals surface area contributed by atoms with Crippen LogP contribution in [0.25, 0.3) is 0 Å². The topological polar surface area (TPSA) is 82.2 Å². The first-order valence-corrected chi connectivity index (χ1v) is 6.77. The van der Waals surface area contributed by atoms with Crippen LogP contribution in [0, 0.1) is 18.3 Å². The summed E-state index contributed by atoms with van der Waals surface area (Å²) in [7, 11) is 0. The van der Waals surface area contributed by atoms with E-state index in [1.54, 1.807) is 18.2 Å². The van der Waals surface area contributed by atoms with E-state index in [4.69, 9.17) is 5.73 Å². The molecule has 1 rings (SSSR count). The highest BCUT2D eigenvalue weighted by molar-refractivity contribution is 5.97. The minimum Gasteiger partial charge on any atom is -0.397 e. The predicted molar refractivity (Wildman–Crippen MR) is 89.9 cm³/mol. The lowest BCUT2D eigenvalue weighted by atomic mass is 10.2. The summed E-state index contributed by atoms with van der Waals surface area (Å²) in [5.74, 6) is -0.388. The Morgan fingerprint density at radius 2 is 2.05 bits per heavy atom. The summed E-state index contributed by atoms with van der Waals surface area (Å²) in [5, 5.41) is 12.1.